The molecule has 0 aromatic heterocycles. The molecular formula is C8H16N2O3. The normalized spacial score (nSPS) is 30.1. The van der Waals surface area contributed by atoms with Crippen LogP contribution in [0.4, 0.5) is 0 Å². The lowest BCUT2D eigenvalue weighted by Crippen LogP contribution is -2.43. The molecule has 76 valence electrons. The van der Waals surface area contributed by atoms with Crippen molar-refractivity contribution >= 4 is 5.91 Å². The van der Waals surface area contributed by atoms with Crippen molar-refractivity contribution in [1.82, 2.24) is 5.32 Å². The summed E-state index contributed by atoms with van der Waals surface area (Å²) in [5.41, 5.74) is 5.45. The molecule has 0 aromatic rings. The lowest BCUT2D eigenvalue weighted by Gasteiger charge is -2.15. The van der Waals surface area contributed by atoms with Gasteiger partial charge in [-0.2, -0.15) is 0 Å². The van der Waals surface area contributed by atoms with Crippen molar-refractivity contribution in [2.45, 2.75) is 31.5 Å². The van der Waals surface area contributed by atoms with Gasteiger partial charge in [0.25, 0.3) is 0 Å². The molecule has 5 nitrogen and oxygen atoms in total. The Morgan fingerprint density at radius 2 is 2.46 bits per heavy atom. The minimum atomic E-state index is -0.586. The highest BCUT2D eigenvalue weighted by Gasteiger charge is 2.27. The summed E-state index contributed by atoms with van der Waals surface area (Å²) < 4.78 is 4.98. The third-order valence-corrected chi connectivity index (χ3v) is 1.90. The maximum Gasteiger partial charge on any atom is 0.221 e. The van der Waals surface area contributed by atoms with Crippen molar-refractivity contribution in [3.8, 4) is 0 Å². The predicted octanol–water partition coefficient (Wildman–Crippen LogP) is -1.40. The highest BCUT2D eigenvalue weighted by Crippen LogP contribution is 2.05. The quantitative estimate of drug-likeness (QED) is 0.508. The second-order valence-corrected chi connectivity index (χ2v) is 3.46. The molecule has 0 saturated carbocycles. The first-order valence-corrected chi connectivity index (χ1v) is 4.40. The van der Waals surface area contributed by atoms with Crippen LogP contribution in [0.2, 0.25) is 0 Å². The van der Waals surface area contributed by atoms with Crippen LogP contribution in [0.25, 0.3) is 0 Å². The highest BCUT2D eigenvalue weighted by molar-refractivity contribution is 5.76. The summed E-state index contributed by atoms with van der Waals surface area (Å²) in [6, 6.07) is -0.425. The Kier molecular flexibility index (Phi) is 3.65. The van der Waals surface area contributed by atoms with E-state index in [2.05, 4.69) is 5.32 Å². The van der Waals surface area contributed by atoms with Crippen LogP contribution < -0.4 is 11.1 Å². The summed E-state index contributed by atoms with van der Waals surface area (Å²) in [4.78, 5) is 11.2. The average molecular weight is 188 g/mol. The molecule has 1 saturated heterocycles. The molecule has 0 spiro atoms. The lowest BCUT2D eigenvalue weighted by molar-refractivity contribution is -0.122. The second kappa shape index (κ2) is 4.55. The van der Waals surface area contributed by atoms with Crippen LogP contribution in [0.3, 0.4) is 0 Å². The zero-order valence-corrected chi connectivity index (χ0v) is 7.69. The van der Waals surface area contributed by atoms with Gasteiger partial charge in [0, 0.05) is 12.5 Å². The first-order valence-electron chi connectivity index (χ1n) is 4.40. The Morgan fingerprint density at radius 1 is 1.77 bits per heavy atom. The van der Waals surface area contributed by atoms with Crippen LogP contribution >= 0.6 is 0 Å². The summed E-state index contributed by atoms with van der Waals surface area (Å²) in [6.07, 6.45) is -0.305. The number of hydrogen-bond acceptors (Lipinski definition) is 4. The van der Waals surface area contributed by atoms with Gasteiger partial charge in [0.1, 0.15) is 0 Å². The zero-order valence-electron chi connectivity index (χ0n) is 7.69. The molecule has 1 unspecified atom stereocenters. The Bertz CT molecular complexity index is 184. The van der Waals surface area contributed by atoms with Crippen LogP contribution in [0, 0.1) is 0 Å². The first kappa shape index (κ1) is 10.4. The molecule has 4 N–H and O–H groups in total. The molecule has 5 heteroatoms. The molecule has 0 aromatic carbocycles. The Labute approximate surface area is 77.2 Å². The smallest absolute Gasteiger partial charge is 0.221 e. The molecule has 1 rings (SSSR count). The summed E-state index contributed by atoms with van der Waals surface area (Å²) in [7, 11) is 0. The first-order chi connectivity index (χ1) is 6.09. The molecule has 1 aliphatic rings. The van der Waals surface area contributed by atoms with Crippen molar-refractivity contribution in [2.75, 3.05) is 13.2 Å². The number of carbonyl (C=O) groups excluding carboxylic acids is 1. The van der Waals surface area contributed by atoms with E-state index in [0.717, 1.165) is 0 Å². The fourth-order valence-corrected chi connectivity index (χ4v) is 1.24. The maximum absolute atomic E-state index is 11.2. The fourth-order valence-electron chi connectivity index (χ4n) is 1.24. The number of amides is 1. The Balaban J connectivity index is 2.27. The standard InChI is InChI=1S/C8H16N2O3/c1-5(9)2-8(12)10-6-3-13-4-7(6)11/h5-7,11H,2-4,9H2,1H3,(H,10,12)/t5?,6-,7-/m1/s1. The third kappa shape index (κ3) is 3.30. The van der Waals surface area contributed by atoms with Crippen molar-refractivity contribution < 1.29 is 14.6 Å². The van der Waals surface area contributed by atoms with Gasteiger partial charge in [0.15, 0.2) is 0 Å². The fraction of sp³-hybridized carbons (Fsp3) is 0.875. The minimum Gasteiger partial charge on any atom is -0.388 e. The zero-order chi connectivity index (χ0) is 9.84. The van der Waals surface area contributed by atoms with Gasteiger partial charge in [-0.25, -0.2) is 0 Å². The van der Waals surface area contributed by atoms with Crippen LogP contribution in [-0.4, -0.2) is 42.4 Å². The van der Waals surface area contributed by atoms with Crippen LogP contribution in [0.1, 0.15) is 13.3 Å². The van der Waals surface area contributed by atoms with E-state index in [-0.39, 0.29) is 24.4 Å². The van der Waals surface area contributed by atoms with E-state index in [1.54, 1.807) is 6.92 Å². The summed E-state index contributed by atoms with van der Waals surface area (Å²) in [5.74, 6) is -0.135. The maximum atomic E-state index is 11.2. The molecule has 1 aliphatic heterocycles. The summed E-state index contributed by atoms with van der Waals surface area (Å²) >= 11 is 0. The van der Waals surface area contributed by atoms with Crippen molar-refractivity contribution in [1.29, 1.82) is 0 Å². The molecule has 3 atom stereocenters. The summed E-state index contributed by atoms with van der Waals surface area (Å²) in [5, 5.41) is 12.0. The monoisotopic (exact) mass is 188 g/mol. The van der Waals surface area contributed by atoms with E-state index in [9.17, 15) is 9.90 Å². The molecule has 0 radical (unpaired) electrons. The van der Waals surface area contributed by atoms with Crippen molar-refractivity contribution in [2.24, 2.45) is 5.73 Å². The van der Waals surface area contributed by atoms with Gasteiger partial charge in [-0.3, -0.25) is 4.79 Å². The largest absolute Gasteiger partial charge is 0.388 e. The Morgan fingerprint density at radius 3 is 2.92 bits per heavy atom. The molecule has 13 heavy (non-hydrogen) atoms. The van der Waals surface area contributed by atoms with E-state index in [4.69, 9.17) is 10.5 Å². The van der Waals surface area contributed by atoms with Crippen LogP contribution in [0.5, 0.6) is 0 Å². The number of rotatable bonds is 3. The van der Waals surface area contributed by atoms with E-state index >= 15 is 0 Å². The van der Waals surface area contributed by atoms with Gasteiger partial charge in [-0.05, 0) is 6.92 Å². The molecule has 0 aliphatic carbocycles. The van der Waals surface area contributed by atoms with Gasteiger partial charge in [0.05, 0.1) is 25.4 Å². The predicted molar refractivity (Wildman–Crippen MR) is 47.0 cm³/mol. The number of nitrogens with two attached hydrogens (primary N) is 1. The molecular weight excluding hydrogens is 172 g/mol. The molecule has 0 bridgehead atoms. The summed E-state index contributed by atoms with van der Waals surface area (Å²) in [6.45, 7) is 2.44. The van der Waals surface area contributed by atoms with Gasteiger partial charge < -0.3 is 20.9 Å². The topological polar surface area (TPSA) is 84.6 Å². The number of nitrogens with one attached hydrogen (secondary N) is 1. The van der Waals surface area contributed by atoms with E-state index < -0.39 is 6.10 Å². The average Bonchev–Trinajstić information content (AvgIpc) is 2.34. The van der Waals surface area contributed by atoms with Crippen LogP contribution in [-0.2, 0) is 9.53 Å². The van der Waals surface area contributed by atoms with Crippen molar-refractivity contribution in [3.05, 3.63) is 0 Å². The number of aliphatic hydroxyl groups excluding tert-OH is 1. The van der Waals surface area contributed by atoms with E-state index in [1.165, 1.54) is 0 Å². The Hall–Kier alpha value is -0.650. The second-order valence-electron chi connectivity index (χ2n) is 3.46. The van der Waals surface area contributed by atoms with Crippen LogP contribution in [0.15, 0.2) is 0 Å². The van der Waals surface area contributed by atoms with E-state index in [1.807, 2.05) is 0 Å². The van der Waals surface area contributed by atoms with Crippen molar-refractivity contribution in [3.63, 3.8) is 0 Å². The van der Waals surface area contributed by atoms with Gasteiger partial charge in [-0.1, -0.05) is 0 Å². The number of hydrogen-bond donors (Lipinski definition) is 3. The van der Waals surface area contributed by atoms with Gasteiger partial charge in [-0.15, -0.1) is 0 Å². The SMILES string of the molecule is CC(N)CC(=O)N[C@@H]1COC[C@H]1O. The van der Waals surface area contributed by atoms with Gasteiger partial charge >= 0.3 is 0 Å². The molecule has 1 heterocycles. The van der Waals surface area contributed by atoms with E-state index in [0.29, 0.717) is 13.2 Å². The third-order valence-electron chi connectivity index (χ3n) is 1.90. The number of aliphatic hydroxyl groups is 1. The van der Waals surface area contributed by atoms with Gasteiger partial charge in [0.2, 0.25) is 5.91 Å². The number of ether oxygens (including phenoxy) is 1. The highest BCUT2D eigenvalue weighted by atomic mass is 16.5. The molecule has 1 amide bonds. The molecule has 1 fully saturated rings. The lowest BCUT2D eigenvalue weighted by atomic mass is 10.2. The minimum absolute atomic E-state index is 0.135. The number of carbonyl (C=O) groups is 1.